The standard InChI is InChI=1S/2C21H20O12/c2*22-6-13-15(27)17(29)18(30)21(32-13)33-20-16(28)14-11(26)4-8(23)5-12(14)31-19(20)7-1-2-9(24)10(25)3-7/h2*1-5,13,15,17-18,21-27,29-30H,6H2/t2*13-,15+,17+,18-,21?/m11/s1. The van der Waals surface area contributed by atoms with Gasteiger partial charge in [0, 0.05) is 35.4 Å². The quantitative estimate of drug-likeness (QED) is 0.0807. The molecule has 2 fully saturated rings. The topological polar surface area (TPSA) is 421 Å². The van der Waals surface area contributed by atoms with Gasteiger partial charge in [0.05, 0.1) is 13.2 Å². The third-order valence-corrected chi connectivity index (χ3v) is 10.5. The zero-order valence-corrected chi connectivity index (χ0v) is 33.4. The molecule has 16 N–H and O–H groups in total. The lowest BCUT2D eigenvalue weighted by atomic mass is 9.99. The minimum atomic E-state index is -1.85. The highest BCUT2D eigenvalue weighted by Crippen LogP contribution is 2.41. The van der Waals surface area contributed by atoms with Gasteiger partial charge in [0.2, 0.25) is 34.9 Å². The SMILES string of the molecule is O=c1c(OC2O[C@H](CO)[C@H](O)[C@H](O)[C@H]2O)c(-c2ccc(O)c(O)c2)oc2cc(O)cc(O)c12.O=c1c(OC2O[C@H](CO)[C@H](O)[C@H](O)[C@H]2O)c(-c2ccc(O)c(O)c2)oc2cc(O)cc(O)c12. The highest BCUT2D eigenvalue weighted by Gasteiger charge is 2.47. The fourth-order valence-corrected chi connectivity index (χ4v) is 7.02. The largest absolute Gasteiger partial charge is 0.508 e. The second-order valence-corrected chi connectivity index (χ2v) is 14.9. The van der Waals surface area contributed by atoms with E-state index in [-0.39, 0.29) is 44.6 Å². The molecule has 0 saturated carbocycles. The van der Waals surface area contributed by atoms with Crippen molar-refractivity contribution < 1.29 is 109 Å². The molecule has 10 atom stereocenters. The predicted octanol–water partition coefficient (Wildman–Crippen LogP) is -1.08. The number of ether oxygens (including phenoxy) is 4. The molecule has 2 aromatic heterocycles. The first-order valence-electron chi connectivity index (χ1n) is 19.3. The molecule has 0 spiro atoms. The lowest BCUT2D eigenvalue weighted by molar-refractivity contribution is -0.277. The summed E-state index contributed by atoms with van der Waals surface area (Å²) in [5, 5.41) is 157. The molecule has 8 rings (SSSR count). The van der Waals surface area contributed by atoms with Crippen LogP contribution < -0.4 is 20.3 Å². The molecule has 2 unspecified atom stereocenters. The van der Waals surface area contributed by atoms with Crippen LogP contribution in [0.2, 0.25) is 0 Å². The first-order chi connectivity index (χ1) is 31.2. The highest BCUT2D eigenvalue weighted by molar-refractivity contribution is 5.89. The van der Waals surface area contributed by atoms with Gasteiger partial charge in [-0.05, 0) is 36.4 Å². The van der Waals surface area contributed by atoms with E-state index in [1.807, 2.05) is 0 Å². The zero-order chi connectivity index (χ0) is 48.0. The minimum Gasteiger partial charge on any atom is -0.508 e. The maximum Gasteiger partial charge on any atom is 0.239 e. The van der Waals surface area contributed by atoms with E-state index in [2.05, 4.69) is 0 Å². The van der Waals surface area contributed by atoms with Crippen LogP contribution in [0.4, 0.5) is 0 Å². The summed E-state index contributed by atoms with van der Waals surface area (Å²) in [4.78, 5) is 26.5. The monoisotopic (exact) mass is 928 g/mol. The van der Waals surface area contributed by atoms with Crippen molar-refractivity contribution in [2.45, 2.75) is 61.4 Å². The van der Waals surface area contributed by atoms with Gasteiger partial charge in [-0.3, -0.25) is 9.59 Å². The third-order valence-electron chi connectivity index (χ3n) is 10.5. The second kappa shape index (κ2) is 18.4. The first-order valence-corrected chi connectivity index (χ1v) is 19.3. The zero-order valence-electron chi connectivity index (χ0n) is 33.4. The normalized spacial score (nSPS) is 25.3. The van der Waals surface area contributed by atoms with Gasteiger partial charge < -0.3 is 109 Å². The van der Waals surface area contributed by atoms with Crippen molar-refractivity contribution in [2.75, 3.05) is 13.2 Å². The molecule has 24 heteroatoms. The molecule has 2 saturated heterocycles. The number of benzene rings is 4. The van der Waals surface area contributed by atoms with Crippen molar-refractivity contribution in [3.63, 3.8) is 0 Å². The number of phenols is 8. The molecule has 6 aromatic rings. The molecule has 4 heterocycles. The number of rotatable bonds is 8. The molecule has 0 bridgehead atoms. The number of aromatic hydroxyl groups is 8. The molecular formula is C42H40O24. The number of hydrogen-bond donors (Lipinski definition) is 16. The molecule has 24 nitrogen and oxygen atoms in total. The predicted molar refractivity (Wildman–Crippen MR) is 218 cm³/mol. The maximum absolute atomic E-state index is 13.2. The third kappa shape index (κ3) is 8.71. The van der Waals surface area contributed by atoms with Crippen LogP contribution >= 0.6 is 0 Å². The number of fused-ring (bicyclic) bond motifs is 2. The van der Waals surface area contributed by atoms with Crippen molar-refractivity contribution in [3.05, 3.63) is 81.1 Å². The van der Waals surface area contributed by atoms with Crippen LogP contribution in [-0.4, -0.2) is 156 Å². The van der Waals surface area contributed by atoms with E-state index in [9.17, 15) is 91.3 Å². The second-order valence-electron chi connectivity index (χ2n) is 14.9. The molecule has 352 valence electrons. The van der Waals surface area contributed by atoms with E-state index in [0.717, 1.165) is 48.5 Å². The highest BCUT2D eigenvalue weighted by atomic mass is 16.7. The average Bonchev–Trinajstić information content (AvgIpc) is 3.27. The lowest BCUT2D eigenvalue weighted by Gasteiger charge is -2.39. The summed E-state index contributed by atoms with van der Waals surface area (Å²) < 4.78 is 32.9. The van der Waals surface area contributed by atoms with Crippen LogP contribution in [-0.2, 0) is 9.47 Å². The Bertz CT molecular complexity index is 2700. The van der Waals surface area contributed by atoms with E-state index in [1.54, 1.807) is 0 Å². The van der Waals surface area contributed by atoms with Crippen LogP contribution in [0.5, 0.6) is 57.5 Å². The van der Waals surface area contributed by atoms with Crippen LogP contribution in [0.15, 0.2) is 79.1 Å². The molecule has 0 radical (unpaired) electrons. The van der Waals surface area contributed by atoms with Crippen molar-refractivity contribution >= 4 is 21.9 Å². The van der Waals surface area contributed by atoms with Crippen molar-refractivity contribution in [2.24, 2.45) is 0 Å². The Balaban J connectivity index is 0.000000196. The smallest absolute Gasteiger partial charge is 0.239 e. The number of aliphatic hydroxyl groups is 8. The Hall–Kier alpha value is -7.10. The summed E-state index contributed by atoms with van der Waals surface area (Å²) in [7, 11) is 0. The Morgan fingerprint density at radius 2 is 0.803 bits per heavy atom. The summed E-state index contributed by atoms with van der Waals surface area (Å²) in [5.74, 6) is -6.10. The fraction of sp³-hybridized carbons (Fsp3) is 0.286. The fourth-order valence-electron chi connectivity index (χ4n) is 7.02. The van der Waals surface area contributed by atoms with Gasteiger partial charge in [0.25, 0.3) is 0 Å². The summed E-state index contributed by atoms with van der Waals surface area (Å²) in [6, 6.07) is 10.7. The first kappa shape index (κ1) is 46.9. The van der Waals surface area contributed by atoms with Crippen LogP contribution in [0.3, 0.4) is 0 Å². The van der Waals surface area contributed by atoms with Gasteiger partial charge in [-0.15, -0.1) is 0 Å². The molecular weight excluding hydrogens is 888 g/mol. The molecule has 66 heavy (non-hydrogen) atoms. The number of phenolic OH excluding ortho intramolecular Hbond substituents is 8. The minimum absolute atomic E-state index is 0.0201. The summed E-state index contributed by atoms with van der Waals surface area (Å²) in [6.07, 6.45) is -16.8. The van der Waals surface area contributed by atoms with Crippen molar-refractivity contribution in [1.29, 1.82) is 0 Å². The molecule has 0 aliphatic carbocycles. The summed E-state index contributed by atoms with van der Waals surface area (Å²) >= 11 is 0. The Morgan fingerprint density at radius 1 is 0.439 bits per heavy atom. The molecule has 4 aromatic carbocycles. The van der Waals surface area contributed by atoms with Crippen LogP contribution in [0, 0.1) is 0 Å². The van der Waals surface area contributed by atoms with Gasteiger partial charge in [-0.2, -0.15) is 0 Å². The number of hydrogen-bond acceptors (Lipinski definition) is 24. The average molecular weight is 929 g/mol. The van der Waals surface area contributed by atoms with Crippen LogP contribution in [0.25, 0.3) is 44.6 Å². The molecule has 0 amide bonds. The van der Waals surface area contributed by atoms with Gasteiger partial charge in [-0.1, -0.05) is 0 Å². The van der Waals surface area contributed by atoms with Gasteiger partial charge in [0.15, 0.2) is 34.5 Å². The van der Waals surface area contributed by atoms with Gasteiger partial charge in [0.1, 0.15) is 93.8 Å². The molecule has 2 aliphatic heterocycles. The van der Waals surface area contributed by atoms with E-state index >= 15 is 0 Å². The summed E-state index contributed by atoms with van der Waals surface area (Å²) in [5.41, 5.74) is -2.39. The van der Waals surface area contributed by atoms with E-state index in [1.165, 1.54) is 12.1 Å². The van der Waals surface area contributed by atoms with E-state index in [4.69, 9.17) is 27.8 Å². The Labute approximate surface area is 366 Å². The number of aliphatic hydroxyl groups excluding tert-OH is 8. The molecule has 2 aliphatic rings. The Kier molecular flexibility index (Phi) is 13.1. The summed E-state index contributed by atoms with van der Waals surface area (Å²) in [6.45, 7) is -1.48. The van der Waals surface area contributed by atoms with E-state index in [0.29, 0.717) is 0 Å². The van der Waals surface area contributed by atoms with Gasteiger partial charge >= 0.3 is 0 Å². The van der Waals surface area contributed by atoms with Crippen molar-refractivity contribution in [3.8, 4) is 80.1 Å². The maximum atomic E-state index is 13.2. The Morgan fingerprint density at radius 3 is 1.14 bits per heavy atom. The lowest BCUT2D eigenvalue weighted by Crippen LogP contribution is -2.60. The van der Waals surface area contributed by atoms with E-state index < -0.39 is 143 Å². The van der Waals surface area contributed by atoms with Crippen LogP contribution in [0.1, 0.15) is 0 Å². The van der Waals surface area contributed by atoms with Gasteiger partial charge in [-0.25, -0.2) is 0 Å². The van der Waals surface area contributed by atoms with Crippen molar-refractivity contribution in [1.82, 2.24) is 0 Å².